The molecule has 16 heavy (non-hydrogen) atoms. The fourth-order valence-electron chi connectivity index (χ4n) is 2.29. The van der Waals surface area contributed by atoms with Crippen LogP contribution in [0, 0.1) is 0 Å². The molecular formula is C14H13NO. The smallest absolute Gasteiger partial charge is 0.253 e. The number of nitrogens with zero attached hydrogens (tertiary/aromatic N) is 1. The van der Waals surface area contributed by atoms with E-state index in [9.17, 15) is 4.79 Å². The third-order valence-electron chi connectivity index (χ3n) is 3.27. The Morgan fingerprint density at radius 3 is 2.56 bits per heavy atom. The number of amides is 1. The van der Waals surface area contributed by atoms with Crippen LogP contribution in [0.15, 0.2) is 36.4 Å². The van der Waals surface area contributed by atoms with Crippen molar-refractivity contribution in [3.8, 4) is 0 Å². The van der Waals surface area contributed by atoms with Crippen LogP contribution >= 0.6 is 0 Å². The highest BCUT2D eigenvalue weighted by atomic mass is 16.2. The number of fused-ring (bicyclic) bond motifs is 2. The van der Waals surface area contributed by atoms with Crippen molar-refractivity contribution in [2.45, 2.75) is 6.42 Å². The number of likely N-dealkylation sites (N-methyl/N-ethyl adjacent to an activating group) is 1. The monoisotopic (exact) mass is 211 g/mol. The van der Waals surface area contributed by atoms with Crippen LogP contribution in [-0.4, -0.2) is 24.4 Å². The lowest BCUT2D eigenvalue weighted by Crippen LogP contribution is -2.34. The minimum Gasteiger partial charge on any atom is -0.341 e. The summed E-state index contributed by atoms with van der Waals surface area (Å²) in [5.74, 6) is 0.145. The van der Waals surface area contributed by atoms with Gasteiger partial charge in [0.2, 0.25) is 0 Å². The van der Waals surface area contributed by atoms with E-state index in [2.05, 4.69) is 18.2 Å². The molecule has 0 saturated carbocycles. The van der Waals surface area contributed by atoms with Gasteiger partial charge in [0.15, 0.2) is 0 Å². The Kier molecular flexibility index (Phi) is 1.96. The second-order valence-electron chi connectivity index (χ2n) is 4.33. The van der Waals surface area contributed by atoms with Gasteiger partial charge in [0.25, 0.3) is 5.91 Å². The third-order valence-corrected chi connectivity index (χ3v) is 3.27. The molecule has 2 aromatic carbocycles. The number of carbonyl (C=O) groups excluding carboxylic acids is 1. The number of hydrogen-bond acceptors (Lipinski definition) is 1. The molecule has 2 nitrogen and oxygen atoms in total. The van der Waals surface area contributed by atoms with Gasteiger partial charge in [0.1, 0.15) is 0 Å². The van der Waals surface area contributed by atoms with E-state index in [4.69, 9.17) is 0 Å². The average Bonchev–Trinajstić information content (AvgIpc) is 2.32. The van der Waals surface area contributed by atoms with Gasteiger partial charge in [-0.05, 0) is 28.8 Å². The van der Waals surface area contributed by atoms with Crippen molar-refractivity contribution < 1.29 is 4.79 Å². The van der Waals surface area contributed by atoms with E-state index >= 15 is 0 Å². The first kappa shape index (κ1) is 9.40. The van der Waals surface area contributed by atoms with Crippen molar-refractivity contribution in [1.29, 1.82) is 0 Å². The molecule has 0 N–H and O–H groups in total. The fourth-order valence-corrected chi connectivity index (χ4v) is 2.29. The Labute approximate surface area is 94.5 Å². The second kappa shape index (κ2) is 3.34. The highest BCUT2D eigenvalue weighted by molar-refractivity contribution is 6.01. The van der Waals surface area contributed by atoms with Crippen LogP contribution in [0.2, 0.25) is 0 Å². The van der Waals surface area contributed by atoms with E-state index in [0.717, 1.165) is 23.9 Å². The first-order chi connectivity index (χ1) is 7.75. The number of rotatable bonds is 0. The lowest BCUT2D eigenvalue weighted by Gasteiger charge is -2.25. The molecular weight excluding hydrogens is 198 g/mol. The van der Waals surface area contributed by atoms with Crippen LogP contribution < -0.4 is 0 Å². The lowest BCUT2D eigenvalue weighted by atomic mass is 9.95. The topological polar surface area (TPSA) is 20.3 Å². The molecule has 2 heteroatoms. The van der Waals surface area contributed by atoms with Gasteiger partial charge in [-0.15, -0.1) is 0 Å². The van der Waals surface area contributed by atoms with Gasteiger partial charge in [-0.3, -0.25) is 4.79 Å². The maximum atomic E-state index is 12.0. The maximum Gasteiger partial charge on any atom is 0.253 e. The molecule has 0 aromatic heterocycles. The van der Waals surface area contributed by atoms with E-state index in [1.807, 2.05) is 25.2 Å². The van der Waals surface area contributed by atoms with E-state index < -0.39 is 0 Å². The molecule has 0 fully saturated rings. The van der Waals surface area contributed by atoms with Gasteiger partial charge in [0, 0.05) is 19.2 Å². The number of carbonyl (C=O) groups is 1. The summed E-state index contributed by atoms with van der Waals surface area (Å²) in [6.07, 6.45) is 0.961. The average molecular weight is 211 g/mol. The summed E-state index contributed by atoms with van der Waals surface area (Å²) in [6.45, 7) is 0.824. The van der Waals surface area contributed by atoms with Crippen LogP contribution in [0.1, 0.15) is 15.9 Å². The van der Waals surface area contributed by atoms with Gasteiger partial charge in [-0.1, -0.05) is 30.3 Å². The van der Waals surface area contributed by atoms with Crippen LogP contribution in [0.5, 0.6) is 0 Å². The molecule has 2 aromatic rings. The molecule has 0 spiro atoms. The Morgan fingerprint density at radius 2 is 1.81 bits per heavy atom. The molecule has 0 saturated heterocycles. The van der Waals surface area contributed by atoms with E-state index in [1.54, 1.807) is 4.90 Å². The number of benzene rings is 2. The normalized spacial score (nSPS) is 15.3. The Bertz CT molecular complexity index is 574. The fraction of sp³-hybridized carbons (Fsp3) is 0.214. The van der Waals surface area contributed by atoms with E-state index in [-0.39, 0.29) is 5.91 Å². The summed E-state index contributed by atoms with van der Waals surface area (Å²) in [7, 11) is 1.86. The van der Waals surface area contributed by atoms with Crippen molar-refractivity contribution in [3.63, 3.8) is 0 Å². The molecule has 1 heterocycles. The minimum absolute atomic E-state index is 0.145. The molecule has 1 amide bonds. The summed E-state index contributed by atoms with van der Waals surface area (Å²) < 4.78 is 0. The maximum absolute atomic E-state index is 12.0. The van der Waals surface area contributed by atoms with Crippen molar-refractivity contribution in [1.82, 2.24) is 4.90 Å². The summed E-state index contributed by atoms with van der Waals surface area (Å²) in [4.78, 5) is 13.8. The highest BCUT2D eigenvalue weighted by Gasteiger charge is 2.21. The van der Waals surface area contributed by atoms with Crippen molar-refractivity contribution in [2.75, 3.05) is 13.6 Å². The molecule has 1 aliphatic heterocycles. The molecule has 0 aliphatic carbocycles. The van der Waals surface area contributed by atoms with Crippen LogP contribution in [0.25, 0.3) is 10.8 Å². The first-order valence-corrected chi connectivity index (χ1v) is 5.53. The molecule has 80 valence electrons. The summed E-state index contributed by atoms with van der Waals surface area (Å²) in [5.41, 5.74) is 2.05. The Hall–Kier alpha value is -1.83. The van der Waals surface area contributed by atoms with E-state index in [1.165, 1.54) is 10.9 Å². The van der Waals surface area contributed by atoms with Gasteiger partial charge >= 0.3 is 0 Å². The zero-order valence-electron chi connectivity index (χ0n) is 9.23. The Balaban J connectivity index is 2.27. The van der Waals surface area contributed by atoms with E-state index in [0.29, 0.717) is 0 Å². The molecule has 0 radical (unpaired) electrons. The molecule has 1 aliphatic rings. The quantitative estimate of drug-likeness (QED) is 0.655. The van der Waals surface area contributed by atoms with Gasteiger partial charge in [0.05, 0.1) is 0 Å². The summed E-state index contributed by atoms with van der Waals surface area (Å²) in [5, 5.41) is 2.36. The zero-order valence-corrected chi connectivity index (χ0v) is 9.23. The molecule has 0 unspecified atom stereocenters. The van der Waals surface area contributed by atoms with Crippen molar-refractivity contribution in [3.05, 3.63) is 47.5 Å². The largest absolute Gasteiger partial charge is 0.341 e. The van der Waals surface area contributed by atoms with Gasteiger partial charge in [-0.25, -0.2) is 0 Å². The summed E-state index contributed by atoms with van der Waals surface area (Å²) >= 11 is 0. The molecule has 3 rings (SSSR count). The van der Waals surface area contributed by atoms with Crippen LogP contribution in [0.4, 0.5) is 0 Å². The minimum atomic E-state index is 0.145. The predicted molar refractivity (Wildman–Crippen MR) is 64.6 cm³/mol. The zero-order chi connectivity index (χ0) is 11.1. The SMILES string of the molecule is CN1CCc2cc3ccccc3cc2C1=O. The van der Waals surface area contributed by atoms with Crippen LogP contribution in [-0.2, 0) is 6.42 Å². The highest BCUT2D eigenvalue weighted by Crippen LogP contribution is 2.24. The first-order valence-electron chi connectivity index (χ1n) is 5.53. The van der Waals surface area contributed by atoms with Crippen molar-refractivity contribution >= 4 is 16.7 Å². The van der Waals surface area contributed by atoms with Crippen molar-refractivity contribution in [2.24, 2.45) is 0 Å². The summed E-state index contributed by atoms with van der Waals surface area (Å²) in [6, 6.07) is 12.4. The standard InChI is InChI=1S/C14H13NO/c1-15-7-6-12-8-10-4-2-3-5-11(10)9-13(12)14(15)16/h2-5,8-9H,6-7H2,1H3. The Morgan fingerprint density at radius 1 is 1.12 bits per heavy atom. The van der Waals surface area contributed by atoms with Gasteiger partial charge < -0.3 is 4.90 Å². The number of hydrogen-bond donors (Lipinski definition) is 0. The second-order valence-corrected chi connectivity index (χ2v) is 4.33. The van der Waals surface area contributed by atoms with Crippen LogP contribution in [0.3, 0.4) is 0 Å². The predicted octanol–water partition coefficient (Wildman–Crippen LogP) is 2.47. The molecule has 0 atom stereocenters. The lowest BCUT2D eigenvalue weighted by molar-refractivity contribution is 0.0781. The molecule has 0 bridgehead atoms. The third kappa shape index (κ3) is 1.30. The van der Waals surface area contributed by atoms with Gasteiger partial charge in [-0.2, -0.15) is 0 Å².